The van der Waals surface area contributed by atoms with E-state index in [1.54, 1.807) is 6.92 Å². The van der Waals surface area contributed by atoms with Crippen molar-refractivity contribution in [1.29, 1.82) is 0 Å². The van der Waals surface area contributed by atoms with Crippen LogP contribution in [0, 0.1) is 34.0 Å². The molecule has 0 radical (unpaired) electrons. The van der Waals surface area contributed by atoms with Gasteiger partial charge in [-0.1, -0.05) is 51.8 Å². The van der Waals surface area contributed by atoms with Gasteiger partial charge in [-0.25, -0.2) is 0 Å². The van der Waals surface area contributed by atoms with Crippen LogP contribution in [0.5, 0.6) is 0 Å². The topological polar surface area (TPSA) is 60.4 Å². The molecule has 2 fully saturated rings. The van der Waals surface area contributed by atoms with Crippen molar-refractivity contribution in [3.63, 3.8) is 0 Å². The molecule has 2 unspecified atom stereocenters. The van der Waals surface area contributed by atoms with E-state index in [-0.39, 0.29) is 40.9 Å². The van der Waals surface area contributed by atoms with Gasteiger partial charge in [0.1, 0.15) is 0 Å². The molecule has 4 aliphatic rings. The second-order valence-corrected chi connectivity index (χ2v) is 10.8. The van der Waals surface area contributed by atoms with Gasteiger partial charge in [0.05, 0.1) is 0 Å². The van der Waals surface area contributed by atoms with Gasteiger partial charge in [-0.15, -0.1) is 0 Å². The number of allylic oxidation sites excluding steroid dienone is 4. The molecule has 4 aliphatic carbocycles. The van der Waals surface area contributed by atoms with Crippen LogP contribution in [0.1, 0.15) is 79.6 Å². The van der Waals surface area contributed by atoms with Gasteiger partial charge in [-0.2, -0.15) is 0 Å². The zero-order chi connectivity index (χ0) is 21.9. The first-order valence-corrected chi connectivity index (χ1v) is 11.7. The largest absolute Gasteiger partial charge is 0.458 e. The van der Waals surface area contributed by atoms with E-state index >= 15 is 0 Å². The lowest BCUT2D eigenvalue weighted by atomic mass is 9.48. The molecular formula is C26H36O4. The lowest BCUT2D eigenvalue weighted by molar-refractivity contribution is -0.154. The van der Waals surface area contributed by atoms with Crippen LogP contribution in [0.3, 0.4) is 0 Å². The molecule has 164 valence electrons. The van der Waals surface area contributed by atoms with Gasteiger partial charge in [-0.05, 0) is 61.3 Å². The molecular weight excluding hydrogens is 376 g/mol. The van der Waals surface area contributed by atoms with Gasteiger partial charge in [0.2, 0.25) is 0 Å². The highest BCUT2D eigenvalue weighted by molar-refractivity contribution is 5.92. The minimum Gasteiger partial charge on any atom is -0.458 e. The van der Waals surface area contributed by atoms with Crippen molar-refractivity contribution in [2.45, 2.75) is 79.6 Å². The van der Waals surface area contributed by atoms with Crippen LogP contribution in [0.25, 0.3) is 0 Å². The number of ether oxygens (including phenoxy) is 1. The zero-order valence-electron chi connectivity index (χ0n) is 19.2. The van der Waals surface area contributed by atoms with Gasteiger partial charge >= 0.3 is 5.97 Å². The van der Waals surface area contributed by atoms with Crippen molar-refractivity contribution in [2.24, 2.45) is 34.0 Å². The number of carbonyl (C=O) groups excluding carboxylic acids is 3. The summed E-state index contributed by atoms with van der Waals surface area (Å²) in [6, 6.07) is 0. The molecule has 4 nitrogen and oxygen atoms in total. The molecule has 4 rings (SSSR count). The van der Waals surface area contributed by atoms with E-state index in [1.807, 2.05) is 6.08 Å². The Bertz CT molecular complexity index is 851. The summed E-state index contributed by atoms with van der Waals surface area (Å²) in [4.78, 5) is 37.1. The van der Waals surface area contributed by atoms with Crippen molar-refractivity contribution < 1.29 is 19.1 Å². The highest BCUT2D eigenvalue weighted by Gasteiger charge is 2.65. The molecule has 0 aliphatic heterocycles. The second kappa shape index (κ2) is 7.17. The average Bonchev–Trinajstić information content (AvgIpc) is 2.93. The predicted octanol–water partition coefficient (Wildman–Crippen LogP) is 5.21. The van der Waals surface area contributed by atoms with Crippen LogP contribution >= 0.6 is 0 Å². The monoisotopic (exact) mass is 412 g/mol. The third-order valence-electron chi connectivity index (χ3n) is 9.74. The average molecular weight is 413 g/mol. The van der Waals surface area contributed by atoms with Crippen molar-refractivity contribution in [1.82, 2.24) is 0 Å². The number of fused-ring (bicyclic) bond motifs is 5. The number of esters is 1. The minimum absolute atomic E-state index is 0.0149. The zero-order valence-corrected chi connectivity index (χ0v) is 19.2. The van der Waals surface area contributed by atoms with E-state index in [0.717, 1.165) is 32.1 Å². The number of Topliss-reactive ketones (excluding diaryl/α,β-unsaturated/α-hetero) is 1. The quantitative estimate of drug-likeness (QED) is 0.470. The maximum atomic E-state index is 13.4. The first-order chi connectivity index (χ1) is 14.1. The SMILES string of the molecule is CCC(=O)OCC(=O)[C@@]1(C)[C@@H](C)CC2C3CCC4=CC(=O)CC[C@]4(C)C3=CC[C@@]21C. The summed E-state index contributed by atoms with van der Waals surface area (Å²) in [7, 11) is 0. The molecule has 0 N–H and O–H groups in total. The number of rotatable bonds is 4. The van der Waals surface area contributed by atoms with Crippen LogP contribution in [0.2, 0.25) is 0 Å². The Morgan fingerprint density at radius 3 is 2.63 bits per heavy atom. The Balaban J connectivity index is 1.67. The van der Waals surface area contributed by atoms with E-state index in [9.17, 15) is 14.4 Å². The molecule has 0 aromatic carbocycles. The molecule has 0 spiro atoms. The molecule has 4 heteroatoms. The highest BCUT2D eigenvalue weighted by atomic mass is 16.5. The van der Waals surface area contributed by atoms with Crippen molar-refractivity contribution in [3.8, 4) is 0 Å². The lowest BCUT2D eigenvalue weighted by Crippen LogP contribution is -2.51. The summed E-state index contributed by atoms with van der Waals surface area (Å²) in [6.45, 7) is 10.6. The molecule has 30 heavy (non-hydrogen) atoms. The minimum atomic E-state index is -0.493. The molecule has 0 amide bonds. The lowest BCUT2D eigenvalue weighted by Gasteiger charge is -2.55. The van der Waals surface area contributed by atoms with Crippen LogP contribution in [0.15, 0.2) is 23.3 Å². The van der Waals surface area contributed by atoms with Gasteiger partial charge in [0.15, 0.2) is 18.2 Å². The molecule has 0 saturated heterocycles. The standard InChI is InChI=1S/C26H36O4/c1-6-23(29)30-15-22(28)26(5)16(2)13-21-19-8-7-17-14-18(27)9-11-24(17,3)20(19)10-12-25(21,26)4/h10,14,16,19,21H,6-9,11-13,15H2,1-5H3/t16-,19?,21?,24-,25-,26+/m0/s1. The highest BCUT2D eigenvalue weighted by Crippen LogP contribution is 2.69. The van der Waals surface area contributed by atoms with Crippen molar-refractivity contribution in [2.75, 3.05) is 6.61 Å². The van der Waals surface area contributed by atoms with E-state index in [1.165, 1.54) is 11.1 Å². The van der Waals surface area contributed by atoms with Crippen LogP contribution in [-0.2, 0) is 19.1 Å². The van der Waals surface area contributed by atoms with Crippen LogP contribution < -0.4 is 0 Å². The first-order valence-electron chi connectivity index (χ1n) is 11.7. The Labute approximate surface area is 180 Å². The fourth-order valence-electron chi connectivity index (χ4n) is 7.42. The Hall–Kier alpha value is -1.71. The Morgan fingerprint density at radius 1 is 1.20 bits per heavy atom. The molecule has 2 saturated carbocycles. The number of ketones is 2. The fraction of sp³-hybridized carbons (Fsp3) is 0.731. The third kappa shape index (κ3) is 2.81. The van der Waals surface area contributed by atoms with E-state index < -0.39 is 5.41 Å². The summed E-state index contributed by atoms with van der Waals surface area (Å²) in [5, 5.41) is 0. The van der Waals surface area contributed by atoms with Gasteiger partial charge < -0.3 is 4.74 Å². The van der Waals surface area contributed by atoms with Crippen molar-refractivity contribution in [3.05, 3.63) is 23.3 Å². The van der Waals surface area contributed by atoms with Gasteiger partial charge in [-0.3, -0.25) is 14.4 Å². The number of hydrogen-bond acceptors (Lipinski definition) is 4. The number of carbonyl (C=O) groups is 3. The Kier molecular flexibility index (Phi) is 5.14. The van der Waals surface area contributed by atoms with E-state index in [0.29, 0.717) is 24.7 Å². The van der Waals surface area contributed by atoms with Crippen LogP contribution in [0.4, 0.5) is 0 Å². The summed E-state index contributed by atoms with van der Waals surface area (Å²) in [5.74, 6) is 1.23. The second-order valence-electron chi connectivity index (χ2n) is 10.8. The molecule has 0 aromatic rings. The predicted molar refractivity (Wildman–Crippen MR) is 116 cm³/mol. The molecule has 0 heterocycles. The molecule has 0 aromatic heterocycles. The van der Waals surface area contributed by atoms with Gasteiger partial charge in [0.25, 0.3) is 0 Å². The third-order valence-corrected chi connectivity index (χ3v) is 9.74. The summed E-state index contributed by atoms with van der Waals surface area (Å²) < 4.78 is 5.26. The fourth-order valence-corrected chi connectivity index (χ4v) is 7.42. The van der Waals surface area contributed by atoms with Gasteiger partial charge in [0, 0.05) is 23.7 Å². The number of hydrogen-bond donors (Lipinski definition) is 0. The van der Waals surface area contributed by atoms with E-state index in [2.05, 4.69) is 33.8 Å². The van der Waals surface area contributed by atoms with Crippen molar-refractivity contribution >= 4 is 17.5 Å². The smallest absolute Gasteiger partial charge is 0.305 e. The van der Waals surface area contributed by atoms with Crippen LogP contribution in [-0.4, -0.2) is 24.1 Å². The first kappa shape index (κ1) is 21.5. The maximum absolute atomic E-state index is 13.4. The summed E-state index contributed by atoms with van der Waals surface area (Å²) in [6.07, 6.45) is 10.2. The maximum Gasteiger partial charge on any atom is 0.305 e. The Morgan fingerprint density at radius 2 is 1.93 bits per heavy atom. The summed E-state index contributed by atoms with van der Waals surface area (Å²) >= 11 is 0. The molecule has 6 atom stereocenters. The normalized spacial score (nSPS) is 42.4. The van der Waals surface area contributed by atoms with E-state index in [4.69, 9.17) is 4.74 Å². The summed E-state index contributed by atoms with van der Waals surface area (Å²) in [5.41, 5.74) is 2.24. The molecule has 0 bridgehead atoms.